The maximum absolute atomic E-state index is 13.9. The lowest BCUT2D eigenvalue weighted by Crippen LogP contribution is -2.58. The molecule has 0 bridgehead atoms. The van der Waals surface area contributed by atoms with Crippen molar-refractivity contribution in [2.75, 3.05) is 13.7 Å². The zero-order chi connectivity index (χ0) is 28.6. The molecule has 0 fully saturated rings. The van der Waals surface area contributed by atoms with E-state index in [9.17, 15) is 14.4 Å². The van der Waals surface area contributed by atoms with Crippen LogP contribution >= 0.6 is 0 Å². The van der Waals surface area contributed by atoms with E-state index in [0.29, 0.717) is 12.0 Å². The van der Waals surface area contributed by atoms with E-state index < -0.39 is 28.8 Å². The highest BCUT2D eigenvalue weighted by Crippen LogP contribution is 2.35. The summed E-state index contributed by atoms with van der Waals surface area (Å²) in [5.74, 6) is -1.16. The highest BCUT2D eigenvalue weighted by molar-refractivity contribution is 5.91. The summed E-state index contributed by atoms with van der Waals surface area (Å²) in [5, 5.41) is 3.10. The maximum Gasteiger partial charge on any atom is 0.333 e. The van der Waals surface area contributed by atoms with Gasteiger partial charge in [0.15, 0.2) is 0 Å². The van der Waals surface area contributed by atoms with Crippen LogP contribution < -0.4 is 5.32 Å². The summed E-state index contributed by atoms with van der Waals surface area (Å²) in [5.41, 5.74) is 0.481. The van der Waals surface area contributed by atoms with Gasteiger partial charge in [0.25, 0.3) is 0 Å². The molecule has 0 aromatic heterocycles. The van der Waals surface area contributed by atoms with E-state index in [0.717, 1.165) is 5.56 Å². The van der Waals surface area contributed by atoms with Gasteiger partial charge in [0, 0.05) is 18.0 Å². The van der Waals surface area contributed by atoms with Crippen molar-refractivity contribution in [3.8, 4) is 0 Å². The Morgan fingerprint density at radius 1 is 1.08 bits per heavy atom. The Morgan fingerprint density at radius 3 is 2.11 bits per heavy atom. The highest BCUT2D eigenvalue weighted by Gasteiger charge is 2.41. The van der Waals surface area contributed by atoms with Crippen molar-refractivity contribution in [2.45, 2.75) is 86.2 Å². The normalized spacial score (nSPS) is 14.9. The van der Waals surface area contributed by atoms with Crippen LogP contribution in [-0.2, 0) is 24.5 Å². The number of benzene rings is 1. The SMILES string of the molecule is C=CC[C@@H](C(=O)N[C@H](C(=O)N(C)[C@H](/C=C(\C)C(=O)OCC)C(C)C)C(C)(C)C)C(C)(C)c1ccccc1. The summed E-state index contributed by atoms with van der Waals surface area (Å²) in [4.78, 5) is 41.5. The van der Waals surface area contributed by atoms with E-state index in [1.54, 1.807) is 37.9 Å². The van der Waals surface area contributed by atoms with Gasteiger partial charge in [0.1, 0.15) is 6.04 Å². The first-order valence-electron chi connectivity index (χ1n) is 13.2. The van der Waals surface area contributed by atoms with E-state index in [1.807, 2.05) is 78.8 Å². The molecule has 0 saturated heterocycles. The van der Waals surface area contributed by atoms with Crippen LogP contribution in [0.2, 0.25) is 0 Å². The van der Waals surface area contributed by atoms with Gasteiger partial charge in [-0.3, -0.25) is 9.59 Å². The van der Waals surface area contributed by atoms with Crippen molar-refractivity contribution in [3.63, 3.8) is 0 Å². The first-order valence-corrected chi connectivity index (χ1v) is 13.2. The Bertz CT molecular complexity index is 957. The molecule has 1 aromatic carbocycles. The number of allylic oxidation sites excluding steroid dienone is 1. The molecule has 0 radical (unpaired) electrons. The topological polar surface area (TPSA) is 75.7 Å². The second kappa shape index (κ2) is 13.6. The van der Waals surface area contributed by atoms with Crippen molar-refractivity contribution in [1.82, 2.24) is 10.2 Å². The van der Waals surface area contributed by atoms with Crippen molar-refractivity contribution < 1.29 is 19.1 Å². The van der Waals surface area contributed by atoms with Crippen molar-refractivity contribution in [2.24, 2.45) is 17.3 Å². The van der Waals surface area contributed by atoms with Crippen molar-refractivity contribution in [1.29, 1.82) is 0 Å². The minimum absolute atomic E-state index is 0.0418. The Balaban J connectivity index is 3.34. The van der Waals surface area contributed by atoms with Crippen molar-refractivity contribution in [3.05, 3.63) is 60.2 Å². The van der Waals surface area contributed by atoms with Crippen molar-refractivity contribution >= 4 is 17.8 Å². The molecule has 6 heteroatoms. The molecular weight excluding hydrogens is 464 g/mol. The third-order valence-corrected chi connectivity index (χ3v) is 7.00. The summed E-state index contributed by atoms with van der Waals surface area (Å²) < 4.78 is 5.12. The molecule has 206 valence electrons. The average Bonchev–Trinajstić information content (AvgIpc) is 2.82. The van der Waals surface area contributed by atoms with Crippen LogP contribution in [0.5, 0.6) is 0 Å². The summed E-state index contributed by atoms with van der Waals surface area (Å²) in [6, 6.07) is 8.83. The average molecular weight is 513 g/mol. The van der Waals surface area contributed by atoms with Crippen LogP contribution in [0.3, 0.4) is 0 Å². The van der Waals surface area contributed by atoms with E-state index in [2.05, 4.69) is 11.9 Å². The van der Waals surface area contributed by atoms with E-state index in [-0.39, 0.29) is 30.4 Å². The minimum atomic E-state index is -0.763. The largest absolute Gasteiger partial charge is 0.463 e. The molecule has 0 aliphatic heterocycles. The number of nitrogens with zero attached hydrogens (tertiary/aromatic N) is 1. The predicted molar refractivity (Wildman–Crippen MR) is 151 cm³/mol. The molecule has 0 spiro atoms. The first kappa shape index (κ1) is 32.1. The number of carbonyl (C=O) groups is 3. The monoisotopic (exact) mass is 512 g/mol. The third-order valence-electron chi connectivity index (χ3n) is 7.00. The number of hydrogen-bond acceptors (Lipinski definition) is 4. The number of ether oxygens (including phenoxy) is 1. The van der Waals surface area contributed by atoms with E-state index in [1.165, 1.54) is 0 Å². The quantitative estimate of drug-likeness (QED) is 0.222. The minimum Gasteiger partial charge on any atom is -0.463 e. The molecular formula is C31H48N2O4. The van der Waals surface area contributed by atoms with Crippen LogP contribution in [0.4, 0.5) is 0 Å². The lowest BCUT2D eigenvalue weighted by atomic mass is 9.71. The second-order valence-electron chi connectivity index (χ2n) is 11.7. The second-order valence-corrected chi connectivity index (χ2v) is 11.7. The Morgan fingerprint density at radius 2 is 1.65 bits per heavy atom. The van der Waals surface area contributed by atoms with Gasteiger partial charge in [-0.15, -0.1) is 6.58 Å². The van der Waals surface area contributed by atoms with Crippen LogP contribution in [0.25, 0.3) is 0 Å². The zero-order valence-corrected chi connectivity index (χ0v) is 24.6. The van der Waals surface area contributed by atoms with Gasteiger partial charge in [0.05, 0.1) is 18.6 Å². The van der Waals surface area contributed by atoms with Gasteiger partial charge >= 0.3 is 5.97 Å². The summed E-state index contributed by atoms with van der Waals surface area (Å²) >= 11 is 0. The Labute approximate surface area is 224 Å². The lowest BCUT2D eigenvalue weighted by molar-refractivity contribution is -0.141. The van der Waals surface area contributed by atoms with Gasteiger partial charge in [-0.05, 0) is 37.2 Å². The molecule has 1 N–H and O–H groups in total. The highest BCUT2D eigenvalue weighted by atomic mass is 16.5. The number of rotatable bonds is 12. The fraction of sp³-hybridized carbons (Fsp3) is 0.581. The Hall–Kier alpha value is -2.89. The van der Waals surface area contributed by atoms with Gasteiger partial charge in [0.2, 0.25) is 11.8 Å². The summed E-state index contributed by atoms with van der Waals surface area (Å²) in [7, 11) is 1.72. The number of amides is 2. The third kappa shape index (κ3) is 8.58. The molecule has 0 aliphatic carbocycles. The molecule has 37 heavy (non-hydrogen) atoms. The molecule has 0 unspecified atom stereocenters. The fourth-order valence-electron chi connectivity index (χ4n) is 4.53. The predicted octanol–water partition coefficient (Wildman–Crippen LogP) is 5.68. The lowest BCUT2D eigenvalue weighted by Gasteiger charge is -2.40. The van der Waals surface area contributed by atoms with Gasteiger partial charge in [-0.2, -0.15) is 0 Å². The zero-order valence-electron chi connectivity index (χ0n) is 24.6. The fourth-order valence-corrected chi connectivity index (χ4v) is 4.53. The number of hydrogen-bond donors (Lipinski definition) is 1. The first-order chi connectivity index (χ1) is 17.1. The van der Waals surface area contributed by atoms with Gasteiger partial charge in [-0.1, -0.05) is 91.0 Å². The summed E-state index contributed by atoms with van der Waals surface area (Å²) in [6.45, 7) is 21.5. The van der Waals surface area contributed by atoms with E-state index >= 15 is 0 Å². The standard InChI is InChI=1S/C31H48N2O4/c1-12-17-24(31(9,10)23-18-15-14-16-19-23)27(34)32-26(30(6,7)8)28(35)33(11)25(21(3)4)20-22(5)29(36)37-13-2/h12,14-16,18-21,24-26H,1,13,17H2,2-11H3,(H,32,34)/b22-20+/t24-,25+,26+/m0/s1. The van der Waals surface area contributed by atoms with Crippen LogP contribution in [-0.4, -0.2) is 48.4 Å². The molecule has 6 nitrogen and oxygen atoms in total. The van der Waals surface area contributed by atoms with E-state index in [4.69, 9.17) is 4.74 Å². The van der Waals surface area contributed by atoms with Gasteiger partial charge in [-0.25, -0.2) is 4.79 Å². The molecule has 3 atom stereocenters. The Kier molecular flexibility index (Phi) is 11.8. The number of nitrogens with one attached hydrogen (secondary N) is 1. The molecule has 1 aromatic rings. The smallest absolute Gasteiger partial charge is 0.333 e. The maximum atomic E-state index is 13.9. The van der Waals surface area contributed by atoms with Crippen LogP contribution in [0.1, 0.15) is 74.3 Å². The molecule has 0 heterocycles. The molecule has 1 rings (SSSR count). The van der Waals surface area contributed by atoms with Crippen LogP contribution in [0, 0.1) is 17.3 Å². The number of carbonyl (C=O) groups excluding carboxylic acids is 3. The number of likely N-dealkylation sites (N-methyl/N-ethyl adjacent to an activating group) is 1. The number of esters is 1. The molecule has 2 amide bonds. The molecule has 0 saturated carbocycles. The summed E-state index contributed by atoms with van der Waals surface area (Å²) in [6.07, 6.45) is 4.01. The van der Waals surface area contributed by atoms with Gasteiger partial charge < -0.3 is 15.0 Å². The molecule has 0 aliphatic rings. The van der Waals surface area contributed by atoms with Crippen LogP contribution in [0.15, 0.2) is 54.6 Å².